The van der Waals surface area contributed by atoms with Gasteiger partial charge in [0.25, 0.3) is 23.6 Å². The van der Waals surface area contributed by atoms with Gasteiger partial charge in [0.2, 0.25) is 20.0 Å². The molecule has 386 valence electrons. The SMILES string of the molecule is Cc1[nH]c(/C=C2\C(=O)Nc3ccc(S(=O)(=O)NC(C)c4ccccc4)cc32)c(C)c1C(=O)NCCCN(C)CCCNC(=O)c1c(C)[nH]c(/C=C2\C(=O)Nc3ccc(S(=O)(=O)NC(C)c4ccccc4)cc32)c1C. The number of aromatic nitrogens is 2. The molecule has 8 N–H and O–H groups in total. The molecule has 2 aliphatic rings. The second-order valence-corrected chi connectivity index (χ2v) is 22.2. The van der Waals surface area contributed by atoms with Crippen LogP contribution in [0, 0.1) is 27.7 Å². The van der Waals surface area contributed by atoms with Gasteiger partial charge in [0.1, 0.15) is 0 Å². The number of nitrogens with zero attached hydrogens (tertiary/aromatic N) is 1. The number of aromatic amines is 2. The Labute approximate surface area is 431 Å². The molecule has 17 nitrogen and oxygen atoms in total. The van der Waals surface area contributed by atoms with Gasteiger partial charge in [-0.2, -0.15) is 0 Å². The molecule has 8 rings (SSSR count). The third-order valence-electron chi connectivity index (χ3n) is 13.4. The minimum Gasteiger partial charge on any atom is -0.358 e. The molecule has 2 aromatic heterocycles. The van der Waals surface area contributed by atoms with Crippen LogP contribution in [0.4, 0.5) is 11.4 Å². The summed E-state index contributed by atoms with van der Waals surface area (Å²) in [5.41, 5.74) is 8.57. The highest BCUT2D eigenvalue weighted by atomic mass is 32.2. The van der Waals surface area contributed by atoms with E-state index < -0.39 is 32.1 Å². The van der Waals surface area contributed by atoms with E-state index in [4.69, 9.17) is 0 Å². The molecule has 2 aliphatic heterocycles. The lowest BCUT2D eigenvalue weighted by Crippen LogP contribution is -2.31. The number of aryl methyl sites for hydroxylation is 2. The van der Waals surface area contributed by atoms with Crippen LogP contribution in [0.5, 0.6) is 0 Å². The number of anilines is 2. The van der Waals surface area contributed by atoms with Crippen molar-refractivity contribution in [2.24, 2.45) is 0 Å². The lowest BCUT2D eigenvalue weighted by Gasteiger charge is -2.17. The number of sulfonamides is 2. The van der Waals surface area contributed by atoms with E-state index in [-0.39, 0.29) is 44.6 Å². The van der Waals surface area contributed by atoms with Gasteiger partial charge in [-0.25, -0.2) is 26.3 Å². The van der Waals surface area contributed by atoms with Crippen LogP contribution < -0.4 is 30.7 Å². The fourth-order valence-electron chi connectivity index (χ4n) is 9.37. The topological polar surface area (TPSA) is 244 Å². The molecular weight excluding hydrogens is 979 g/mol. The van der Waals surface area contributed by atoms with Gasteiger partial charge in [-0.15, -0.1) is 0 Å². The van der Waals surface area contributed by atoms with Crippen LogP contribution in [-0.4, -0.2) is 88.6 Å². The maximum atomic E-state index is 13.5. The molecule has 0 saturated heterocycles. The number of carbonyl (C=O) groups excluding carboxylic acids is 4. The number of benzene rings is 4. The molecule has 6 aromatic rings. The smallest absolute Gasteiger partial charge is 0.256 e. The molecule has 0 bridgehead atoms. The van der Waals surface area contributed by atoms with E-state index in [0.29, 0.717) is 107 Å². The predicted molar refractivity (Wildman–Crippen MR) is 288 cm³/mol. The van der Waals surface area contributed by atoms with Gasteiger partial charge in [-0.3, -0.25) is 19.2 Å². The highest BCUT2D eigenvalue weighted by Crippen LogP contribution is 2.38. The molecule has 4 aromatic carbocycles. The highest BCUT2D eigenvalue weighted by molar-refractivity contribution is 7.89. The van der Waals surface area contributed by atoms with Crippen LogP contribution in [0.3, 0.4) is 0 Å². The fourth-order valence-corrected chi connectivity index (χ4v) is 11.9. The molecule has 0 aliphatic carbocycles. The van der Waals surface area contributed by atoms with E-state index in [1.165, 1.54) is 24.3 Å². The molecule has 19 heteroatoms. The summed E-state index contributed by atoms with van der Waals surface area (Å²) < 4.78 is 59.2. The number of hydrogen-bond donors (Lipinski definition) is 8. The zero-order valence-electron chi connectivity index (χ0n) is 42.3. The van der Waals surface area contributed by atoms with Gasteiger partial charge in [-0.05, 0) is 145 Å². The van der Waals surface area contributed by atoms with Crippen molar-refractivity contribution in [2.75, 3.05) is 43.9 Å². The highest BCUT2D eigenvalue weighted by Gasteiger charge is 2.31. The Morgan fingerprint density at radius 1 is 0.581 bits per heavy atom. The summed E-state index contributed by atoms with van der Waals surface area (Å²) in [6.45, 7) is 12.9. The van der Waals surface area contributed by atoms with E-state index in [1.807, 2.05) is 67.7 Å². The van der Waals surface area contributed by atoms with Crippen LogP contribution in [0.15, 0.2) is 107 Å². The van der Waals surface area contributed by atoms with Crippen LogP contribution >= 0.6 is 0 Å². The Morgan fingerprint density at radius 2 is 0.959 bits per heavy atom. The van der Waals surface area contributed by atoms with Crippen molar-refractivity contribution in [1.82, 2.24) is 34.9 Å². The van der Waals surface area contributed by atoms with Crippen molar-refractivity contribution in [2.45, 2.75) is 76.3 Å². The first-order chi connectivity index (χ1) is 35.2. The first kappa shape index (κ1) is 52.9. The number of hydrogen-bond acceptors (Lipinski definition) is 9. The molecule has 74 heavy (non-hydrogen) atoms. The Bertz CT molecular complexity index is 3230. The summed E-state index contributed by atoms with van der Waals surface area (Å²) in [5, 5.41) is 11.6. The van der Waals surface area contributed by atoms with E-state index in [0.717, 1.165) is 11.1 Å². The van der Waals surface area contributed by atoms with Crippen molar-refractivity contribution in [3.05, 3.63) is 164 Å². The lowest BCUT2D eigenvalue weighted by atomic mass is 10.0. The molecule has 0 spiro atoms. The quantitative estimate of drug-likeness (QED) is 0.0278. The van der Waals surface area contributed by atoms with Crippen LogP contribution in [-0.2, 0) is 29.6 Å². The molecule has 0 fully saturated rings. The van der Waals surface area contributed by atoms with Crippen LogP contribution in [0.2, 0.25) is 0 Å². The standard InChI is InChI=1S/C55H61N9O8S2/c1-32-48(30-44-42-28-40(20-22-46(42)60-52(44)65)73(69,70)62-34(3)38-16-10-8-11-17-38)58-36(5)50(32)54(67)56-24-14-26-64(7)27-15-25-57-55(68)51-33(2)49(59-37(51)6)31-45-43-29-41(21-23-47(43)61-53(45)66)74(71,72)63-35(4)39-18-12-9-13-19-39/h8-13,16-23,28-31,34-35,58-59,62-63H,14-15,24-27H2,1-7H3,(H,56,67)(H,57,68)(H,60,65)(H,61,66)/b44-30-,45-31-. The van der Waals surface area contributed by atoms with Gasteiger partial charge < -0.3 is 36.1 Å². The first-order valence-corrected chi connectivity index (χ1v) is 27.3. The molecule has 4 amide bonds. The number of rotatable bonds is 20. The zero-order valence-corrected chi connectivity index (χ0v) is 44.0. The van der Waals surface area contributed by atoms with Crippen LogP contribution in [0.1, 0.15) is 116 Å². The van der Waals surface area contributed by atoms with Gasteiger partial charge in [0, 0.05) is 70.5 Å². The average Bonchev–Trinajstić information content (AvgIpc) is 4.05. The Kier molecular flexibility index (Phi) is 15.7. The Morgan fingerprint density at radius 3 is 1.34 bits per heavy atom. The maximum absolute atomic E-state index is 13.5. The summed E-state index contributed by atoms with van der Waals surface area (Å²) in [7, 11) is -5.91. The minimum absolute atomic E-state index is 0.0180. The van der Waals surface area contributed by atoms with Crippen molar-refractivity contribution >= 4 is 78.3 Å². The molecule has 0 saturated carbocycles. The zero-order chi connectivity index (χ0) is 53.1. The monoisotopic (exact) mass is 1040 g/mol. The summed E-state index contributed by atoms with van der Waals surface area (Å²) in [4.78, 5) is 62.0. The van der Waals surface area contributed by atoms with Gasteiger partial charge in [0.05, 0.1) is 32.1 Å². The third kappa shape index (κ3) is 11.5. The van der Waals surface area contributed by atoms with Crippen molar-refractivity contribution in [3.8, 4) is 0 Å². The summed E-state index contributed by atoms with van der Waals surface area (Å²) in [6, 6.07) is 26.5. The third-order valence-corrected chi connectivity index (χ3v) is 16.5. The number of amides is 4. The van der Waals surface area contributed by atoms with E-state index in [2.05, 4.69) is 45.6 Å². The summed E-state index contributed by atoms with van der Waals surface area (Å²) in [5.74, 6) is -1.30. The van der Waals surface area contributed by atoms with E-state index in [9.17, 15) is 36.0 Å². The molecule has 2 atom stereocenters. The Hall–Kier alpha value is -7.42. The molecular formula is C55H61N9O8S2. The van der Waals surface area contributed by atoms with Gasteiger partial charge in [0.15, 0.2) is 0 Å². The van der Waals surface area contributed by atoms with E-state index >= 15 is 0 Å². The molecule has 2 unspecified atom stereocenters. The second-order valence-electron chi connectivity index (χ2n) is 18.8. The summed E-state index contributed by atoms with van der Waals surface area (Å²) >= 11 is 0. The largest absolute Gasteiger partial charge is 0.358 e. The molecule has 4 heterocycles. The van der Waals surface area contributed by atoms with E-state index in [1.54, 1.807) is 65.8 Å². The normalized spacial score (nSPS) is 15.2. The summed E-state index contributed by atoms with van der Waals surface area (Å²) in [6.07, 6.45) is 4.61. The predicted octanol–water partition coefficient (Wildman–Crippen LogP) is 7.51. The number of H-pyrrole nitrogens is 2. The number of nitrogens with one attached hydrogen (secondary N) is 8. The average molecular weight is 1040 g/mol. The van der Waals surface area contributed by atoms with Gasteiger partial charge in [-0.1, -0.05) is 60.7 Å². The Balaban J connectivity index is 0.811. The van der Waals surface area contributed by atoms with Crippen molar-refractivity contribution in [1.29, 1.82) is 0 Å². The van der Waals surface area contributed by atoms with Crippen LogP contribution in [0.25, 0.3) is 23.3 Å². The second kappa shape index (κ2) is 22.0. The minimum atomic E-state index is -3.94. The number of carbonyl (C=O) groups is 4. The number of fused-ring (bicyclic) bond motifs is 2. The maximum Gasteiger partial charge on any atom is 0.256 e. The van der Waals surface area contributed by atoms with Crippen molar-refractivity contribution < 1.29 is 36.0 Å². The lowest BCUT2D eigenvalue weighted by molar-refractivity contribution is -0.111. The van der Waals surface area contributed by atoms with Gasteiger partial charge >= 0.3 is 0 Å². The van der Waals surface area contributed by atoms with Crippen molar-refractivity contribution in [3.63, 3.8) is 0 Å². The fraction of sp³-hybridized carbons (Fsp3) is 0.273. The first-order valence-electron chi connectivity index (χ1n) is 24.3. The molecule has 0 radical (unpaired) electrons.